The Morgan fingerprint density at radius 2 is 1.94 bits per heavy atom. The number of rotatable bonds is 6. The van der Waals surface area contributed by atoms with Crippen molar-refractivity contribution in [3.05, 3.63) is 0 Å². The molecule has 0 rings (SSSR count). The molecule has 4 nitrogen and oxygen atoms in total. The Morgan fingerprint density at radius 3 is 2.35 bits per heavy atom. The Labute approximate surface area is 102 Å². The zero-order valence-corrected chi connectivity index (χ0v) is 10.9. The second kappa shape index (κ2) is 6.48. The summed E-state index contributed by atoms with van der Waals surface area (Å²) < 4.78 is 62.4. The highest BCUT2D eigenvalue weighted by molar-refractivity contribution is 8.01. The molecule has 17 heavy (non-hydrogen) atoms. The summed E-state index contributed by atoms with van der Waals surface area (Å²) in [6.07, 6.45) is 0. The van der Waals surface area contributed by atoms with Crippen molar-refractivity contribution in [2.75, 3.05) is 24.4 Å². The monoisotopic (exact) mass is 294 g/mol. The highest BCUT2D eigenvalue weighted by Gasteiger charge is 2.29. The number of halogens is 3. The molecule has 1 atom stereocenters. The number of methoxy groups -OCH3 is 1. The van der Waals surface area contributed by atoms with E-state index < -0.39 is 56.3 Å². The van der Waals surface area contributed by atoms with Crippen molar-refractivity contribution in [2.24, 2.45) is 5.92 Å². The summed E-state index contributed by atoms with van der Waals surface area (Å²) in [6.45, 7) is 1.35. The molecule has 102 valence electrons. The van der Waals surface area contributed by atoms with E-state index in [9.17, 15) is 26.4 Å². The van der Waals surface area contributed by atoms with E-state index in [1.54, 1.807) is 0 Å². The second-order valence-corrected chi connectivity index (χ2v) is 6.72. The SMILES string of the molecule is COC(=O)C(C)CS(=O)(=O)CCSC(F)(F)F. The number of esters is 1. The summed E-state index contributed by atoms with van der Waals surface area (Å²) >= 11 is -0.394. The van der Waals surface area contributed by atoms with E-state index in [0.717, 1.165) is 7.11 Å². The van der Waals surface area contributed by atoms with E-state index in [-0.39, 0.29) is 0 Å². The van der Waals surface area contributed by atoms with Gasteiger partial charge in [-0.2, -0.15) is 13.2 Å². The fraction of sp³-hybridized carbons (Fsp3) is 0.875. The summed E-state index contributed by atoms with van der Waals surface area (Å²) in [6, 6.07) is 0. The highest BCUT2D eigenvalue weighted by Crippen LogP contribution is 2.30. The molecule has 0 saturated heterocycles. The minimum absolute atomic E-state index is 0.394. The van der Waals surface area contributed by atoms with Gasteiger partial charge < -0.3 is 4.74 Å². The van der Waals surface area contributed by atoms with Gasteiger partial charge in [-0.3, -0.25) is 4.79 Å². The first kappa shape index (κ1) is 16.6. The molecular weight excluding hydrogens is 281 g/mol. The van der Waals surface area contributed by atoms with Crippen LogP contribution in [0, 0.1) is 5.92 Å². The number of ether oxygens (including phenoxy) is 1. The maximum Gasteiger partial charge on any atom is 0.441 e. The van der Waals surface area contributed by atoms with Gasteiger partial charge in [-0.15, -0.1) is 0 Å². The molecule has 0 saturated carbocycles. The average Bonchev–Trinajstić information content (AvgIpc) is 2.13. The van der Waals surface area contributed by atoms with Crippen molar-refractivity contribution in [3.63, 3.8) is 0 Å². The summed E-state index contributed by atoms with van der Waals surface area (Å²) in [4.78, 5) is 11.0. The van der Waals surface area contributed by atoms with E-state index in [4.69, 9.17) is 0 Å². The third-order valence-electron chi connectivity index (χ3n) is 1.77. The Morgan fingerprint density at radius 1 is 1.41 bits per heavy atom. The standard InChI is InChI=1S/C8H13F3O4S2/c1-6(7(12)15-2)5-17(13,14)4-3-16-8(9,10)11/h6H,3-5H2,1-2H3. The maximum absolute atomic E-state index is 11.8. The Hall–Kier alpha value is -0.440. The number of hydrogen-bond donors (Lipinski definition) is 0. The topological polar surface area (TPSA) is 60.4 Å². The van der Waals surface area contributed by atoms with Gasteiger partial charge in [0, 0.05) is 5.75 Å². The van der Waals surface area contributed by atoms with Gasteiger partial charge in [-0.1, -0.05) is 6.92 Å². The number of sulfone groups is 1. The van der Waals surface area contributed by atoms with Crippen LogP contribution >= 0.6 is 11.8 Å². The first-order chi connectivity index (χ1) is 7.57. The van der Waals surface area contributed by atoms with Gasteiger partial charge in [-0.25, -0.2) is 8.42 Å². The fourth-order valence-electron chi connectivity index (χ4n) is 1.02. The van der Waals surface area contributed by atoms with Crippen LogP contribution in [-0.2, 0) is 19.4 Å². The quantitative estimate of drug-likeness (QED) is 0.694. The minimum Gasteiger partial charge on any atom is -0.469 e. The summed E-state index contributed by atoms with van der Waals surface area (Å²) in [5.74, 6) is -3.26. The number of hydrogen-bond acceptors (Lipinski definition) is 5. The fourth-order valence-corrected chi connectivity index (χ4v) is 3.66. The largest absolute Gasteiger partial charge is 0.469 e. The third-order valence-corrected chi connectivity index (χ3v) is 4.60. The smallest absolute Gasteiger partial charge is 0.441 e. The van der Waals surface area contributed by atoms with E-state index in [0.29, 0.717) is 0 Å². The van der Waals surface area contributed by atoms with Gasteiger partial charge in [0.25, 0.3) is 0 Å². The summed E-state index contributed by atoms with van der Waals surface area (Å²) in [5, 5.41) is 0. The Bertz CT molecular complexity index is 350. The first-order valence-corrected chi connectivity index (χ1v) is 7.37. The molecule has 0 aliphatic carbocycles. The van der Waals surface area contributed by atoms with Crippen LogP contribution < -0.4 is 0 Å². The van der Waals surface area contributed by atoms with Crippen LogP contribution in [0.3, 0.4) is 0 Å². The number of carbonyl (C=O) groups excluding carboxylic acids is 1. The van der Waals surface area contributed by atoms with Crippen molar-refractivity contribution in [2.45, 2.75) is 12.4 Å². The van der Waals surface area contributed by atoms with Crippen LogP contribution in [0.25, 0.3) is 0 Å². The molecular formula is C8H13F3O4S2. The van der Waals surface area contributed by atoms with Gasteiger partial charge >= 0.3 is 11.5 Å². The van der Waals surface area contributed by atoms with Crippen LogP contribution in [0.2, 0.25) is 0 Å². The van der Waals surface area contributed by atoms with Crippen LogP contribution in [0.4, 0.5) is 13.2 Å². The lowest BCUT2D eigenvalue weighted by atomic mass is 10.2. The number of thioether (sulfide) groups is 1. The number of alkyl halides is 3. The first-order valence-electron chi connectivity index (χ1n) is 4.56. The predicted molar refractivity (Wildman–Crippen MR) is 58.3 cm³/mol. The van der Waals surface area contributed by atoms with Crippen molar-refractivity contribution >= 4 is 27.6 Å². The molecule has 0 N–H and O–H groups in total. The van der Waals surface area contributed by atoms with Gasteiger partial charge in [0.05, 0.1) is 24.5 Å². The molecule has 0 bridgehead atoms. The third kappa shape index (κ3) is 8.31. The molecule has 0 aliphatic heterocycles. The second-order valence-electron chi connectivity index (χ2n) is 3.33. The van der Waals surface area contributed by atoms with E-state index >= 15 is 0 Å². The van der Waals surface area contributed by atoms with Gasteiger partial charge in [0.15, 0.2) is 9.84 Å². The molecule has 0 amide bonds. The molecule has 0 aliphatic rings. The zero-order chi connectivity index (χ0) is 13.7. The lowest BCUT2D eigenvalue weighted by Gasteiger charge is -2.10. The van der Waals surface area contributed by atoms with Crippen LogP contribution in [0.5, 0.6) is 0 Å². The molecule has 0 aromatic heterocycles. The van der Waals surface area contributed by atoms with Gasteiger partial charge in [0.1, 0.15) is 0 Å². The van der Waals surface area contributed by atoms with Crippen molar-refractivity contribution in [3.8, 4) is 0 Å². The van der Waals surface area contributed by atoms with Gasteiger partial charge in [0.2, 0.25) is 0 Å². The molecule has 1 unspecified atom stereocenters. The number of carbonyl (C=O) groups is 1. The van der Waals surface area contributed by atoms with E-state index in [1.807, 2.05) is 0 Å². The van der Waals surface area contributed by atoms with Crippen molar-refractivity contribution < 1.29 is 31.1 Å². The van der Waals surface area contributed by atoms with Crippen LogP contribution in [-0.4, -0.2) is 44.3 Å². The molecule has 0 aromatic rings. The van der Waals surface area contributed by atoms with Crippen molar-refractivity contribution in [1.29, 1.82) is 0 Å². The molecule has 0 aromatic carbocycles. The molecule has 9 heteroatoms. The predicted octanol–water partition coefficient (Wildman–Crippen LogP) is 1.46. The summed E-state index contributed by atoms with van der Waals surface area (Å²) in [5.41, 5.74) is -4.44. The molecule has 0 heterocycles. The Kier molecular flexibility index (Phi) is 6.31. The van der Waals surface area contributed by atoms with Crippen LogP contribution in [0.1, 0.15) is 6.92 Å². The van der Waals surface area contributed by atoms with Crippen LogP contribution in [0.15, 0.2) is 0 Å². The maximum atomic E-state index is 11.8. The minimum atomic E-state index is -4.44. The summed E-state index contributed by atoms with van der Waals surface area (Å²) in [7, 11) is -2.56. The Balaban J connectivity index is 4.18. The normalized spacial score (nSPS) is 14.4. The molecule has 0 spiro atoms. The molecule has 0 fully saturated rings. The molecule has 0 radical (unpaired) electrons. The zero-order valence-electron chi connectivity index (χ0n) is 9.28. The average molecular weight is 294 g/mol. The van der Waals surface area contributed by atoms with Crippen molar-refractivity contribution in [1.82, 2.24) is 0 Å². The van der Waals surface area contributed by atoms with Gasteiger partial charge in [-0.05, 0) is 11.8 Å². The van der Waals surface area contributed by atoms with E-state index in [1.165, 1.54) is 6.92 Å². The highest BCUT2D eigenvalue weighted by atomic mass is 32.2. The lowest BCUT2D eigenvalue weighted by Crippen LogP contribution is -2.25. The van der Waals surface area contributed by atoms with E-state index in [2.05, 4.69) is 4.74 Å². The lowest BCUT2D eigenvalue weighted by molar-refractivity contribution is -0.144.